The van der Waals surface area contributed by atoms with E-state index in [2.05, 4.69) is 15.1 Å². The molecule has 1 N–H and O–H groups in total. The Bertz CT molecular complexity index is 418. The van der Waals surface area contributed by atoms with Gasteiger partial charge in [0.05, 0.1) is 32.2 Å². The van der Waals surface area contributed by atoms with Crippen LogP contribution in [0.25, 0.3) is 0 Å². The second-order valence-electron chi connectivity index (χ2n) is 5.05. The van der Waals surface area contributed by atoms with E-state index in [4.69, 9.17) is 21.4 Å². The molecule has 6 heteroatoms. The quantitative estimate of drug-likeness (QED) is 0.841. The van der Waals surface area contributed by atoms with Crippen molar-refractivity contribution in [2.45, 2.75) is 25.5 Å². The Morgan fingerprint density at radius 1 is 1.47 bits per heavy atom. The number of hydrogen-bond donors (Lipinski definition) is 1. The molecule has 2 aliphatic rings. The molecule has 0 aromatic carbocycles. The molecule has 2 fully saturated rings. The minimum atomic E-state index is 0.323. The number of thiocarbonyl (C=S) groups is 1. The van der Waals surface area contributed by atoms with Crippen molar-refractivity contribution < 1.29 is 9.15 Å². The van der Waals surface area contributed by atoms with Gasteiger partial charge < -0.3 is 19.4 Å². The fourth-order valence-corrected chi connectivity index (χ4v) is 2.75. The van der Waals surface area contributed by atoms with Gasteiger partial charge in [-0.3, -0.25) is 4.90 Å². The lowest BCUT2D eigenvalue weighted by atomic mass is 10.2. The molecular formula is C13H19N3O2S. The molecule has 104 valence electrons. The maximum atomic E-state index is 5.68. The minimum absolute atomic E-state index is 0.323. The Hall–Kier alpha value is -1.11. The summed E-state index contributed by atoms with van der Waals surface area (Å²) in [7, 11) is 0. The summed E-state index contributed by atoms with van der Waals surface area (Å²) in [6, 6.07) is 3.92. The Morgan fingerprint density at radius 3 is 3.16 bits per heavy atom. The van der Waals surface area contributed by atoms with E-state index in [1.165, 1.54) is 0 Å². The number of ether oxygens (including phenoxy) is 1. The smallest absolute Gasteiger partial charge is 0.171 e. The molecule has 2 aliphatic heterocycles. The molecule has 3 rings (SSSR count). The number of rotatable bonds is 4. The van der Waals surface area contributed by atoms with Crippen LogP contribution in [0.5, 0.6) is 0 Å². The zero-order valence-electron chi connectivity index (χ0n) is 10.9. The lowest BCUT2D eigenvalue weighted by Gasteiger charge is -2.38. The van der Waals surface area contributed by atoms with Crippen molar-refractivity contribution in [2.24, 2.45) is 0 Å². The summed E-state index contributed by atoms with van der Waals surface area (Å²) in [6.07, 6.45) is 4.33. The molecule has 1 aromatic heterocycles. The standard InChI is InChI=1S/C13H19N3O2S/c19-13-14-9-15(7-11-3-1-5-17-11)10-16(13)8-12-4-2-6-18-12/h1,3,5,12H,2,4,6-10H2,(H,14,19)/t12-/m0/s1. The second-order valence-corrected chi connectivity index (χ2v) is 5.43. The lowest BCUT2D eigenvalue weighted by molar-refractivity contribution is 0.0621. The predicted molar refractivity (Wildman–Crippen MR) is 75.4 cm³/mol. The van der Waals surface area contributed by atoms with Gasteiger partial charge in [-0.15, -0.1) is 0 Å². The average molecular weight is 281 g/mol. The third kappa shape index (κ3) is 3.26. The summed E-state index contributed by atoms with van der Waals surface area (Å²) < 4.78 is 11.1. The van der Waals surface area contributed by atoms with E-state index in [9.17, 15) is 0 Å². The van der Waals surface area contributed by atoms with E-state index in [-0.39, 0.29) is 0 Å². The van der Waals surface area contributed by atoms with E-state index in [1.54, 1.807) is 6.26 Å². The maximum absolute atomic E-state index is 5.68. The second kappa shape index (κ2) is 5.90. The largest absolute Gasteiger partial charge is 0.468 e. The van der Waals surface area contributed by atoms with Crippen molar-refractivity contribution in [2.75, 3.05) is 26.5 Å². The highest BCUT2D eigenvalue weighted by Crippen LogP contribution is 2.15. The molecule has 2 saturated heterocycles. The lowest BCUT2D eigenvalue weighted by Crippen LogP contribution is -2.57. The van der Waals surface area contributed by atoms with Crippen LogP contribution < -0.4 is 5.32 Å². The Morgan fingerprint density at radius 2 is 2.42 bits per heavy atom. The summed E-state index contributed by atoms with van der Waals surface area (Å²) in [5.41, 5.74) is 0. The number of nitrogens with one attached hydrogen (secondary N) is 1. The molecule has 5 nitrogen and oxygen atoms in total. The number of hydrogen-bond acceptors (Lipinski definition) is 4. The Kier molecular flexibility index (Phi) is 4.00. The molecule has 1 atom stereocenters. The molecule has 3 heterocycles. The van der Waals surface area contributed by atoms with Gasteiger partial charge in [0.15, 0.2) is 5.11 Å². The van der Waals surface area contributed by atoms with Gasteiger partial charge in [0.2, 0.25) is 0 Å². The third-order valence-electron chi connectivity index (χ3n) is 3.52. The van der Waals surface area contributed by atoms with Gasteiger partial charge in [0.1, 0.15) is 5.76 Å². The molecule has 1 aromatic rings. The average Bonchev–Trinajstić information content (AvgIpc) is 3.07. The molecule has 0 saturated carbocycles. The van der Waals surface area contributed by atoms with Crippen LogP contribution in [0.4, 0.5) is 0 Å². The van der Waals surface area contributed by atoms with Crippen LogP contribution in [0, 0.1) is 0 Å². The maximum Gasteiger partial charge on any atom is 0.171 e. The first-order valence-corrected chi connectivity index (χ1v) is 7.11. The van der Waals surface area contributed by atoms with E-state index in [1.807, 2.05) is 12.1 Å². The van der Waals surface area contributed by atoms with Gasteiger partial charge >= 0.3 is 0 Å². The van der Waals surface area contributed by atoms with Gasteiger partial charge in [-0.1, -0.05) is 0 Å². The van der Waals surface area contributed by atoms with Crippen molar-refractivity contribution in [1.82, 2.24) is 15.1 Å². The van der Waals surface area contributed by atoms with E-state index < -0.39 is 0 Å². The van der Waals surface area contributed by atoms with Crippen LogP contribution in [-0.2, 0) is 11.3 Å². The van der Waals surface area contributed by atoms with Gasteiger partial charge in [-0.2, -0.15) is 0 Å². The van der Waals surface area contributed by atoms with Crippen LogP contribution in [0.1, 0.15) is 18.6 Å². The molecule has 0 aliphatic carbocycles. The normalized spacial score (nSPS) is 24.7. The third-order valence-corrected chi connectivity index (χ3v) is 3.92. The topological polar surface area (TPSA) is 40.9 Å². The van der Waals surface area contributed by atoms with Crippen LogP contribution in [-0.4, -0.2) is 47.5 Å². The first-order chi connectivity index (χ1) is 9.31. The molecule has 0 radical (unpaired) electrons. The first-order valence-electron chi connectivity index (χ1n) is 6.70. The van der Waals surface area contributed by atoms with E-state index in [0.29, 0.717) is 6.10 Å². The SMILES string of the molecule is S=C1NCN(Cc2ccco2)CN1C[C@@H]1CCCO1. The number of furan rings is 1. The first kappa shape index (κ1) is 12.9. The highest BCUT2D eigenvalue weighted by atomic mass is 32.1. The van der Waals surface area contributed by atoms with Gasteiger partial charge in [-0.05, 0) is 37.2 Å². The van der Waals surface area contributed by atoms with E-state index in [0.717, 1.165) is 56.7 Å². The summed E-state index contributed by atoms with van der Waals surface area (Å²) in [5, 5.41) is 4.08. The summed E-state index contributed by atoms with van der Waals surface area (Å²) in [6.45, 7) is 4.15. The highest BCUT2D eigenvalue weighted by molar-refractivity contribution is 7.80. The fraction of sp³-hybridized carbons (Fsp3) is 0.615. The molecule has 0 unspecified atom stereocenters. The van der Waals surface area contributed by atoms with Crippen molar-refractivity contribution >= 4 is 17.3 Å². The molecule has 19 heavy (non-hydrogen) atoms. The zero-order chi connectivity index (χ0) is 13.1. The van der Waals surface area contributed by atoms with Gasteiger partial charge in [0, 0.05) is 13.2 Å². The Labute approximate surface area is 118 Å². The zero-order valence-corrected chi connectivity index (χ0v) is 11.7. The Balaban J connectivity index is 1.55. The fourth-order valence-electron chi connectivity index (χ4n) is 2.55. The molecular weight excluding hydrogens is 262 g/mol. The van der Waals surface area contributed by atoms with Gasteiger partial charge in [-0.25, -0.2) is 0 Å². The monoisotopic (exact) mass is 281 g/mol. The van der Waals surface area contributed by atoms with E-state index >= 15 is 0 Å². The predicted octanol–water partition coefficient (Wildman–Crippen LogP) is 1.37. The van der Waals surface area contributed by atoms with Crippen molar-refractivity contribution in [1.29, 1.82) is 0 Å². The summed E-state index contributed by atoms with van der Waals surface area (Å²) in [5.74, 6) is 0.978. The van der Waals surface area contributed by atoms with Crippen molar-refractivity contribution in [3.63, 3.8) is 0 Å². The van der Waals surface area contributed by atoms with Crippen LogP contribution in [0.3, 0.4) is 0 Å². The highest BCUT2D eigenvalue weighted by Gasteiger charge is 2.25. The summed E-state index contributed by atoms with van der Waals surface area (Å²) in [4.78, 5) is 4.45. The number of nitrogens with zero attached hydrogens (tertiary/aromatic N) is 2. The van der Waals surface area contributed by atoms with Crippen LogP contribution >= 0.6 is 12.2 Å². The minimum Gasteiger partial charge on any atom is -0.468 e. The van der Waals surface area contributed by atoms with Gasteiger partial charge in [0.25, 0.3) is 0 Å². The van der Waals surface area contributed by atoms with Crippen LogP contribution in [0.15, 0.2) is 22.8 Å². The van der Waals surface area contributed by atoms with Crippen molar-refractivity contribution in [3.8, 4) is 0 Å². The summed E-state index contributed by atoms with van der Waals surface area (Å²) >= 11 is 5.37. The molecule has 0 spiro atoms. The van der Waals surface area contributed by atoms with Crippen molar-refractivity contribution in [3.05, 3.63) is 24.2 Å². The molecule has 0 amide bonds. The van der Waals surface area contributed by atoms with Crippen LogP contribution in [0.2, 0.25) is 0 Å². The molecule has 0 bridgehead atoms.